The van der Waals surface area contributed by atoms with Gasteiger partial charge in [0.25, 0.3) is 0 Å². The molecule has 2 amide bonds. The number of halogens is 1. The first-order chi connectivity index (χ1) is 11.2. The summed E-state index contributed by atoms with van der Waals surface area (Å²) in [6.45, 7) is 0.370. The van der Waals surface area contributed by atoms with Gasteiger partial charge in [0, 0.05) is 18.3 Å². The zero-order chi connectivity index (χ0) is 16.1. The van der Waals surface area contributed by atoms with Gasteiger partial charge in [-0.15, -0.1) is 0 Å². The molecule has 6 heteroatoms. The summed E-state index contributed by atoms with van der Waals surface area (Å²) in [5.74, 6) is 0. The first-order valence-electron chi connectivity index (χ1n) is 6.99. The van der Waals surface area contributed by atoms with E-state index in [4.69, 9.17) is 16.0 Å². The number of hydrogen-bond acceptors (Lipinski definition) is 3. The molecule has 0 saturated heterocycles. The smallest absolute Gasteiger partial charge is 0.319 e. The van der Waals surface area contributed by atoms with E-state index in [2.05, 4.69) is 15.6 Å². The maximum absolute atomic E-state index is 11.9. The van der Waals surface area contributed by atoms with Crippen molar-refractivity contribution in [2.75, 3.05) is 5.32 Å². The molecule has 0 unspecified atom stereocenters. The molecule has 0 aliphatic heterocycles. The molecule has 2 N–H and O–H groups in total. The number of urea groups is 1. The second-order valence-corrected chi connectivity index (χ2v) is 5.26. The molecule has 3 rings (SSSR count). The highest BCUT2D eigenvalue weighted by Crippen LogP contribution is 2.20. The molecule has 3 aromatic rings. The number of pyridine rings is 1. The molecule has 2 aromatic heterocycles. The topological polar surface area (TPSA) is 67.2 Å². The van der Waals surface area contributed by atoms with Crippen molar-refractivity contribution < 1.29 is 9.21 Å². The summed E-state index contributed by atoms with van der Waals surface area (Å²) in [5.41, 5.74) is 3.20. The zero-order valence-corrected chi connectivity index (χ0v) is 12.9. The Hall–Kier alpha value is -2.79. The normalized spacial score (nSPS) is 10.3. The van der Waals surface area contributed by atoms with E-state index in [0.717, 1.165) is 16.8 Å². The Bertz CT molecular complexity index is 786. The number of nitrogens with zero attached hydrogens (tertiary/aromatic N) is 1. The summed E-state index contributed by atoms with van der Waals surface area (Å²) in [6, 6.07) is 12.4. The van der Waals surface area contributed by atoms with Crippen molar-refractivity contribution in [1.82, 2.24) is 10.3 Å². The Morgan fingerprint density at radius 3 is 2.74 bits per heavy atom. The lowest BCUT2D eigenvalue weighted by Gasteiger charge is -2.09. The van der Waals surface area contributed by atoms with Crippen LogP contribution < -0.4 is 10.6 Å². The highest BCUT2D eigenvalue weighted by Gasteiger charge is 2.05. The van der Waals surface area contributed by atoms with Gasteiger partial charge in [0.05, 0.1) is 28.9 Å². The minimum absolute atomic E-state index is 0.322. The number of carbonyl (C=O) groups is 1. The standard InChI is InChI=1S/C17H14ClN3O2/c18-14-3-1-2-4-16(14)21-17(22)20-10-12-5-6-15(19-9-12)13-7-8-23-11-13/h1-9,11H,10H2,(H2,20,21,22). The Labute approximate surface area is 138 Å². The number of furan rings is 1. The number of para-hydroxylation sites is 1. The second-order valence-electron chi connectivity index (χ2n) is 4.85. The number of anilines is 1. The molecule has 0 spiro atoms. The van der Waals surface area contributed by atoms with E-state index >= 15 is 0 Å². The van der Waals surface area contributed by atoms with Gasteiger partial charge in [-0.25, -0.2) is 4.79 Å². The van der Waals surface area contributed by atoms with Crippen LogP contribution in [0.5, 0.6) is 0 Å². The average molecular weight is 328 g/mol. The predicted octanol–water partition coefficient (Wildman–Crippen LogP) is 4.32. The van der Waals surface area contributed by atoms with Gasteiger partial charge < -0.3 is 15.1 Å². The van der Waals surface area contributed by atoms with E-state index in [9.17, 15) is 4.79 Å². The zero-order valence-electron chi connectivity index (χ0n) is 12.1. The number of hydrogen-bond donors (Lipinski definition) is 2. The molecule has 0 saturated carbocycles. The fourth-order valence-electron chi connectivity index (χ4n) is 2.02. The molecular formula is C17H14ClN3O2. The van der Waals surface area contributed by atoms with Gasteiger partial charge in [0.2, 0.25) is 0 Å². The van der Waals surface area contributed by atoms with Crippen LogP contribution in [0.15, 0.2) is 65.6 Å². The fourth-order valence-corrected chi connectivity index (χ4v) is 2.20. The van der Waals surface area contributed by atoms with E-state index in [1.807, 2.05) is 18.2 Å². The van der Waals surface area contributed by atoms with Crippen LogP contribution in [0.2, 0.25) is 5.02 Å². The van der Waals surface area contributed by atoms with Crippen molar-refractivity contribution >= 4 is 23.3 Å². The van der Waals surface area contributed by atoms with Crippen molar-refractivity contribution in [1.29, 1.82) is 0 Å². The summed E-state index contributed by atoms with van der Waals surface area (Å²) in [6.07, 6.45) is 4.96. The Balaban J connectivity index is 1.56. The average Bonchev–Trinajstić information content (AvgIpc) is 3.10. The molecule has 1 aromatic carbocycles. The molecule has 23 heavy (non-hydrogen) atoms. The lowest BCUT2D eigenvalue weighted by molar-refractivity contribution is 0.251. The maximum atomic E-state index is 11.9. The van der Waals surface area contributed by atoms with Gasteiger partial charge in [-0.3, -0.25) is 4.98 Å². The Morgan fingerprint density at radius 1 is 1.17 bits per heavy atom. The molecule has 0 aliphatic rings. The van der Waals surface area contributed by atoms with Crippen LogP contribution in [0, 0.1) is 0 Å². The first kappa shape index (κ1) is 15.1. The van der Waals surface area contributed by atoms with Crippen LogP contribution in [-0.2, 0) is 6.54 Å². The third-order valence-electron chi connectivity index (χ3n) is 3.22. The number of rotatable bonds is 4. The monoisotopic (exact) mass is 327 g/mol. The molecular weight excluding hydrogens is 314 g/mol. The SMILES string of the molecule is O=C(NCc1ccc(-c2ccoc2)nc1)Nc1ccccc1Cl. The van der Waals surface area contributed by atoms with Crippen LogP contribution in [0.25, 0.3) is 11.3 Å². The molecule has 5 nitrogen and oxygen atoms in total. The van der Waals surface area contributed by atoms with Crippen molar-refractivity contribution in [3.05, 3.63) is 71.8 Å². The highest BCUT2D eigenvalue weighted by molar-refractivity contribution is 6.33. The second kappa shape index (κ2) is 6.98. The van der Waals surface area contributed by atoms with Crippen LogP contribution in [0.3, 0.4) is 0 Å². The number of amides is 2. The minimum atomic E-state index is -0.322. The van der Waals surface area contributed by atoms with Gasteiger partial charge in [0.15, 0.2) is 0 Å². The number of carbonyl (C=O) groups excluding carboxylic acids is 1. The molecule has 0 radical (unpaired) electrons. The van der Waals surface area contributed by atoms with E-state index in [1.54, 1.807) is 43.0 Å². The first-order valence-corrected chi connectivity index (χ1v) is 7.37. The van der Waals surface area contributed by atoms with E-state index in [0.29, 0.717) is 17.3 Å². The van der Waals surface area contributed by atoms with Crippen molar-refractivity contribution in [3.63, 3.8) is 0 Å². The van der Waals surface area contributed by atoms with Gasteiger partial charge in [-0.1, -0.05) is 29.8 Å². The third-order valence-corrected chi connectivity index (χ3v) is 3.55. The summed E-state index contributed by atoms with van der Waals surface area (Å²) in [4.78, 5) is 16.2. The summed E-state index contributed by atoms with van der Waals surface area (Å²) in [7, 11) is 0. The van der Waals surface area contributed by atoms with Crippen LogP contribution >= 0.6 is 11.6 Å². The largest absolute Gasteiger partial charge is 0.472 e. The summed E-state index contributed by atoms with van der Waals surface area (Å²) < 4.78 is 5.03. The number of aromatic nitrogens is 1. The quantitative estimate of drug-likeness (QED) is 0.750. The van der Waals surface area contributed by atoms with Gasteiger partial charge in [0.1, 0.15) is 0 Å². The number of benzene rings is 1. The highest BCUT2D eigenvalue weighted by atomic mass is 35.5. The third kappa shape index (κ3) is 3.90. The lowest BCUT2D eigenvalue weighted by atomic mass is 10.2. The van der Waals surface area contributed by atoms with Crippen molar-refractivity contribution in [3.8, 4) is 11.3 Å². The van der Waals surface area contributed by atoms with E-state index in [-0.39, 0.29) is 6.03 Å². The number of nitrogens with one attached hydrogen (secondary N) is 2. The van der Waals surface area contributed by atoms with Gasteiger partial charge in [-0.05, 0) is 29.8 Å². The van der Waals surface area contributed by atoms with E-state index < -0.39 is 0 Å². The summed E-state index contributed by atoms with van der Waals surface area (Å²) in [5, 5.41) is 5.96. The fraction of sp³-hybridized carbons (Fsp3) is 0.0588. The van der Waals surface area contributed by atoms with Crippen molar-refractivity contribution in [2.45, 2.75) is 6.54 Å². The molecule has 2 heterocycles. The van der Waals surface area contributed by atoms with Crippen LogP contribution in [-0.4, -0.2) is 11.0 Å². The molecule has 0 bridgehead atoms. The summed E-state index contributed by atoms with van der Waals surface area (Å²) >= 11 is 5.99. The van der Waals surface area contributed by atoms with Gasteiger partial charge >= 0.3 is 6.03 Å². The van der Waals surface area contributed by atoms with Crippen LogP contribution in [0.1, 0.15) is 5.56 Å². The lowest BCUT2D eigenvalue weighted by Crippen LogP contribution is -2.28. The van der Waals surface area contributed by atoms with E-state index in [1.165, 1.54) is 0 Å². The molecule has 0 fully saturated rings. The maximum Gasteiger partial charge on any atom is 0.319 e. The molecule has 0 atom stereocenters. The Morgan fingerprint density at radius 2 is 2.04 bits per heavy atom. The van der Waals surface area contributed by atoms with Crippen molar-refractivity contribution in [2.24, 2.45) is 0 Å². The minimum Gasteiger partial charge on any atom is -0.472 e. The van der Waals surface area contributed by atoms with Gasteiger partial charge in [-0.2, -0.15) is 0 Å². The predicted molar refractivity (Wildman–Crippen MR) is 89.2 cm³/mol. The Kier molecular flexibility index (Phi) is 4.59. The molecule has 116 valence electrons. The van der Waals surface area contributed by atoms with Crippen LogP contribution in [0.4, 0.5) is 10.5 Å². The molecule has 0 aliphatic carbocycles.